The molecule has 2 N–H and O–H groups in total. The van der Waals surface area contributed by atoms with Crippen molar-refractivity contribution in [3.05, 3.63) is 53.7 Å². The second kappa shape index (κ2) is 9.47. The van der Waals surface area contributed by atoms with E-state index in [4.69, 9.17) is 14.6 Å². The third-order valence-electron chi connectivity index (χ3n) is 4.33. The van der Waals surface area contributed by atoms with Crippen molar-refractivity contribution in [2.24, 2.45) is 0 Å². The number of carboxylic acid groups (broad SMARTS) is 1. The van der Waals surface area contributed by atoms with Gasteiger partial charge in [-0.25, -0.2) is 14.6 Å². The number of aromatic amines is 1. The van der Waals surface area contributed by atoms with E-state index < -0.39 is 12.1 Å². The molecule has 1 atom stereocenters. The molecule has 0 fully saturated rings. The summed E-state index contributed by atoms with van der Waals surface area (Å²) in [4.78, 5) is 28.7. The fourth-order valence-electron chi connectivity index (χ4n) is 2.84. The Kier molecular flexibility index (Phi) is 7.25. The normalized spacial score (nSPS) is 12.2. The van der Waals surface area contributed by atoms with E-state index >= 15 is 0 Å². The van der Waals surface area contributed by atoms with E-state index in [0.29, 0.717) is 12.1 Å². The maximum absolute atomic E-state index is 12.5. The summed E-state index contributed by atoms with van der Waals surface area (Å²) in [6.45, 7) is 6.52. The van der Waals surface area contributed by atoms with Crippen LogP contribution in [-0.2, 0) is 22.5 Å². The number of carbonyl (C=O) groups excluding carboxylic acids is 1. The summed E-state index contributed by atoms with van der Waals surface area (Å²) in [5, 5.41) is 8.04. The molecule has 2 aromatic heterocycles. The van der Waals surface area contributed by atoms with Gasteiger partial charge >= 0.3 is 18.1 Å². The summed E-state index contributed by atoms with van der Waals surface area (Å²) < 4.78 is 39.3. The molecule has 10 heteroatoms. The number of aryl methyl sites for hydroxylation is 2. The van der Waals surface area contributed by atoms with Gasteiger partial charge in [0.2, 0.25) is 0 Å². The molecule has 0 bridgehead atoms. The lowest BCUT2D eigenvalue weighted by Crippen LogP contribution is -2.21. The van der Waals surface area contributed by atoms with Gasteiger partial charge in [0.1, 0.15) is 11.9 Å². The Morgan fingerprint density at radius 1 is 1.33 bits per heavy atom. The van der Waals surface area contributed by atoms with Crippen molar-refractivity contribution in [1.29, 1.82) is 0 Å². The van der Waals surface area contributed by atoms with Crippen molar-refractivity contribution in [1.82, 2.24) is 14.5 Å². The third-order valence-corrected chi connectivity index (χ3v) is 4.33. The summed E-state index contributed by atoms with van der Waals surface area (Å²) in [7, 11) is 0. The second-order valence-corrected chi connectivity index (χ2v) is 6.54. The zero-order chi connectivity index (χ0) is 22.5. The van der Waals surface area contributed by atoms with Crippen LogP contribution in [0, 0.1) is 6.92 Å². The highest BCUT2D eigenvalue weighted by molar-refractivity contribution is 6.04. The highest BCUT2D eigenvalue weighted by Crippen LogP contribution is 2.23. The highest BCUT2D eigenvalue weighted by atomic mass is 19.4. The van der Waals surface area contributed by atoms with Crippen LogP contribution in [0.3, 0.4) is 0 Å². The molecule has 0 amide bonds. The maximum atomic E-state index is 12.5. The van der Waals surface area contributed by atoms with Gasteiger partial charge < -0.3 is 19.4 Å². The van der Waals surface area contributed by atoms with E-state index in [-0.39, 0.29) is 12.1 Å². The van der Waals surface area contributed by atoms with Crippen LogP contribution in [0.2, 0.25) is 0 Å². The number of halogens is 3. The maximum Gasteiger partial charge on any atom is 0.490 e. The fraction of sp³-hybridized carbons (Fsp3) is 0.350. The topological polar surface area (TPSA) is 97.2 Å². The van der Waals surface area contributed by atoms with Crippen molar-refractivity contribution in [2.75, 3.05) is 0 Å². The Bertz CT molecular complexity index is 1020. The van der Waals surface area contributed by atoms with Crippen molar-refractivity contribution in [3.8, 4) is 0 Å². The molecule has 3 rings (SSSR count). The number of fused-ring (bicyclic) bond motifs is 1. The quantitative estimate of drug-likeness (QED) is 0.600. The minimum atomic E-state index is -5.08. The molecule has 7 nitrogen and oxygen atoms in total. The molecule has 1 aromatic carbocycles. The van der Waals surface area contributed by atoms with Crippen LogP contribution in [0.4, 0.5) is 13.2 Å². The predicted octanol–water partition coefficient (Wildman–Crippen LogP) is 4.11. The Balaban J connectivity index is 0.000000396. The van der Waals surface area contributed by atoms with Crippen LogP contribution in [0.1, 0.15) is 35.6 Å². The Hall–Kier alpha value is -3.30. The molecule has 2 heterocycles. The largest absolute Gasteiger partial charge is 0.490 e. The number of carboxylic acids is 1. The van der Waals surface area contributed by atoms with Gasteiger partial charge in [0.15, 0.2) is 0 Å². The lowest BCUT2D eigenvalue weighted by molar-refractivity contribution is -0.192. The number of carbonyl (C=O) groups is 2. The van der Waals surface area contributed by atoms with Gasteiger partial charge in [-0.1, -0.05) is 25.1 Å². The number of alkyl halides is 3. The molecule has 0 aliphatic rings. The number of esters is 1. The van der Waals surface area contributed by atoms with Crippen molar-refractivity contribution < 1.29 is 32.6 Å². The standard InChI is InChI=1S/C18H21N3O2.C2HF3O2/c1-4-14-6-5-7-15-16(10-20-17(14)15)18(22)23-12(2)11-21-9-8-19-13(21)3;3-2(4,5)1(6)7/h5-10,12,20H,4,11H2,1-3H3;(H,6,7). The summed E-state index contributed by atoms with van der Waals surface area (Å²) in [5.41, 5.74) is 2.80. The van der Waals surface area contributed by atoms with E-state index in [1.807, 2.05) is 36.7 Å². The molecule has 0 aliphatic carbocycles. The average Bonchev–Trinajstić information content (AvgIpc) is 3.27. The molecule has 30 heavy (non-hydrogen) atoms. The van der Waals surface area contributed by atoms with Gasteiger partial charge in [-0.3, -0.25) is 0 Å². The fourth-order valence-corrected chi connectivity index (χ4v) is 2.84. The number of aromatic nitrogens is 3. The molecule has 0 radical (unpaired) electrons. The third kappa shape index (κ3) is 5.62. The number of imidazole rings is 1. The van der Waals surface area contributed by atoms with Crippen LogP contribution in [0.15, 0.2) is 36.8 Å². The van der Waals surface area contributed by atoms with Crippen LogP contribution >= 0.6 is 0 Å². The van der Waals surface area contributed by atoms with E-state index in [9.17, 15) is 18.0 Å². The highest BCUT2D eigenvalue weighted by Gasteiger charge is 2.38. The Morgan fingerprint density at radius 2 is 2.00 bits per heavy atom. The first kappa shape index (κ1) is 23.0. The molecule has 0 saturated carbocycles. The lowest BCUT2D eigenvalue weighted by Gasteiger charge is -2.14. The molecular formula is C20H22F3N3O4. The Labute approximate surface area is 170 Å². The van der Waals surface area contributed by atoms with Crippen molar-refractivity contribution in [3.63, 3.8) is 0 Å². The lowest BCUT2D eigenvalue weighted by atomic mass is 10.1. The zero-order valence-corrected chi connectivity index (χ0v) is 16.7. The van der Waals surface area contributed by atoms with E-state index in [2.05, 4.69) is 23.0 Å². The number of rotatable bonds is 5. The minimum absolute atomic E-state index is 0.227. The van der Waals surface area contributed by atoms with Crippen LogP contribution < -0.4 is 0 Å². The van der Waals surface area contributed by atoms with Gasteiger partial charge in [0.25, 0.3) is 0 Å². The molecule has 0 aliphatic heterocycles. The number of H-pyrrole nitrogens is 1. The smallest absolute Gasteiger partial charge is 0.475 e. The first-order valence-electron chi connectivity index (χ1n) is 9.12. The number of benzene rings is 1. The summed E-state index contributed by atoms with van der Waals surface area (Å²) in [6.07, 6.45) is 0.980. The van der Waals surface area contributed by atoms with Crippen LogP contribution in [-0.4, -0.2) is 43.9 Å². The minimum Gasteiger partial charge on any atom is -0.475 e. The van der Waals surface area contributed by atoms with Gasteiger partial charge in [0.05, 0.1) is 12.1 Å². The predicted molar refractivity (Wildman–Crippen MR) is 103 cm³/mol. The first-order chi connectivity index (χ1) is 14.0. The molecule has 0 saturated heterocycles. The van der Waals surface area contributed by atoms with Gasteiger partial charge in [-0.15, -0.1) is 0 Å². The molecule has 1 unspecified atom stereocenters. The van der Waals surface area contributed by atoms with Gasteiger partial charge in [-0.2, -0.15) is 13.2 Å². The van der Waals surface area contributed by atoms with Crippen LogP contribution in [0.25, 0.3) is 10.9 Å². The van der Waals surface area contributed by atoms with Crippen LogP contribution in [0.5, 0.6) is 0 Å². The number of aliphatic carboxylic acids is 1. The first-order valence-corrected chi connectivity index (χ1v) is 9.12. The van der Waals surface area contributed by atoms with Gasteiger partial charge in [0, 0.05) is 29.5 Å². The second-order valence-electron chi connectivity index (χ2n) is 6.54. The molecule has 3 aromatic rings. The Morgan fingerprint density at radius 3 is 2.53 bits per heavy atom. The summed E-state index contributed by atoms with van der Waals surface area (Å²) >= 11 is 0. The van der Waals surface area contributed by atoms with E-state index in [1.165, 1.54) is 5.56 Å². The van der Waals surface area contributed by atoms with E-state index in [1.54, 1.807) is 12.4 Å². The summed E-state index contributed by atoms with van der Waals surface area (Å²) in [5.74, 6) is -2.14. The molecule has 162 valence electrons. The van der Waals surface area contributed by atoms with Crippen molar-refractivity contribution in [2.45, 2.75) is 46.0 Å². The number of para-hydroxylation sites is 1. The van der Waals surface area contributed by atoms with Crippen molar-refractivity contribution >= 4 is 22.8 Å². The average molecular weight is 425 g/mol. The molecule has 0 spiro atoms. The van der Waals surface area contributed by atoms with Gasteiger partial charge in [-0.05, 0) is 25.8 Å². The number of nitrogens with one attached hydrogen (secondary N) is 1. The SMILES string of the molecule is CCc1cccc2c(C(=O)OC(C)Cn3ccnc3C)c[nH]c12.O=C(O)C(F)(F)F. The zero-order valence-electron chi connectivity index (χ0n) is 16.7. The van der Waals surface area contributed by atoms with E-state index in [0.717, 1.165) is 23.1 Å². The number of nitrogens with zero attached hydrogens (tertiary/aromatic N) is 2. The summed E-state index contributed by atoms with van der Waals surface area (Å²) in [6, 6.07) is 5.99. The monoisotopic (exact) mass is 425 g/mol. The number of hydrogen-bond donors (Lipinski definition) is 2. The number of hydrogen-bond acceptors (Lipinski definition) is 4. The molecular weight excluding hydrogens is 403 g/mol. The number of ether oxygens (including phenoxy) is 1.